The van der Waals surface area contributed by atoms with Crippen molar-refractivity contribution in [2.75, 3.05) is 19.5 Å². The van der Waals surface area contributed by atoms with Gasteiger partial charge in [0.2, 0.25) is 0 Å². The number of ether oxygens (including phenoxy) is 2. The quantitative estimate of drug-likeness (QED) is 0.796. The highest BCUT2D eigenvalue weighted by Crippen LogP contribution is 2.20. The van der Waals surface area contributed by atoms with Gasteiger partial charge in [-0.1, -0.05) is 0 Å². The molecule has 1 aliphatic heterocycles. The van der Waals surface area contributed by atoms with E-state index in [4.69, 9.17) is 15.2 Å². The normalized spacial score (nSPS) is 20.5. The van der Waals surface area contributed by atoms with Crippen molar-refractivity contribution in [2.45, 2.75) is 25.4 Å². The molecule has 1 atom stereocenters. The molecule has 0 amide bonds. The largest absolute Gasteiger partial charge is 0.478 e. The Kier molecular flexibility index (Phi) is 3.01. The third-order valence-electron chi connectivity index (χ3n) is 2.49. The highest BCUT2D eigenvalue weighted by molar-refractivity contribution is 5.47. The van der Waals surface area contributed by atoms with Crippen LogP contribution in [0.15, 0.2) is 6.07 Å². The molecular weight excluding hydrogens is 194 g/mol. The Morgan fingerprint density at radius 1 is 1.60 bits per heavy atom. The SMILES string of the molecule is COc1nnc(CC2CCCO2)cc1N. The second-order valence-electron chi connectivity index (χ2n) is 3.64. The smallest absolute Gasteiger partial charge is 0.256 e. The lowest BCUT2D eigenvalue weighted by atomic mass is 10.1. The average molecular weight is 209 g/mol. The van der Waals surface area contributed by atoms with E-state index in [1.165, 1.54) is 7.11 Å². The summed E-state index contributed by atoms with van der Waals surface area (Å²) in [4.78, 5) is 0. The minimum Gasteiger partial charge on any atom is -0.478 e. The van der Waals surface area contributed by atoms with Crippen LogP contribution in [0.5, 0.6) is 5.88 Å². The Balaban J connectivity index is 2.05. The summed E-state index contributed by atoms with van der Waals surface area (Å²) in [5.41, 5.74) is 7.13. The molecular formula is C10H15N3O2. The van der Waals surface area contributed by atoms with Crippen molar-refractivity contribution in [3.05, 3.63) is 11.8 Å². The van der Waals surface area contributed by atoms with Gasteiger partial charge in [0.15, 0.2) is 0 Å². The molecule has 5 heteroatoms. The molecule has 1 aliphatic rings. The van der Waals surface area contributed by atoms with Crippen LogP contribution in [0.25, 0.3) is 0 Å². The van der Waals surface area contributed by atoms with Crippen LogP contribution in [-0.4, -0.2) is 30.0 Å². The van der Waals surface area contributed by atoms with Gasteiger partial charge >= 0.3 is 0 Å². The summed E-state index contributed by atoms with van der Waals surface area (Å²) in [6.07, 6.45) is 3.27. The van der Waals surface area contributed by atoms with E-state index in [0.29, 0.717) is 11.6 Å². The predicted octanol–water partition coefficient (Wildman–Crippen LogP) is 0.789. The number of aromatic nitrogens is 2. The maximum absolute atomic E-state index is 5.74. The van der Waals surface area contributed by atoms with E-state index in [0.717, 1.165) is 31.6 Å². The van der Waals surface area contributed by atoms with Gasteiger partial charge in [0.25, 0.3) is 5.88 Å². The number of hydrogen-bond donors (Lipinski definition) is 1. The third kappa shape index (κ3) is 2.36. The maximum Gasteiger partial charge on any atom is 0.256 e. The summed E-state index contributed by atoms with van der Waals surface area (Å²) in [7, 11) is 1.53. The molecule has 0 spiro atoms. The molecule has 1 unspecified atom stereocenters. The summed E-state index contributed by atoms with van der Waals surface area (Å²) in [6, 6.07) is 1.80. The number of anilines is 1. The van der Waals surface area contributed by atoms with Crippen LogP contribution >= 0.6 is 0 Å². The van der Waals surface area contributed by atoms with Crippen molar-refractivity contribution in [2.24, 2.45) is 0 Å². The van der Waals surface area contributed by atoms with Crippen LogP contribution in [0, 0.1) is 0 Å². The van der Waals surface area contributed by atoms with Crippen LogP contribution in [-0.2, 0) is 11.2 Å². The molecule has 0 aliphatic carbocycles. The van der Waals surface area contributed by atoms with Crippen molar-refractivity contribution >= 4 is 5.69 Å². The van der Waals surface area contributed by atoms with Crippen molar-refractivity contribution in [3.63, 3.8) is 0 Å². The van der Waals surface area contributed by atoms with Gasteiger partial charge in [0.05, 0.1) is 24.6 Å². The topological polar surface area (TPSA) is 70.3 Å². The molecule has 2 N–H and O–H groups in total. The molecule has 15 heavy (non-hydrogen) atoms. The maximum atomic E-state index is 5.74. The van der Waals surface area contributed by atoms with Gasteiger partial charge in [-0.3, -0.25) is 0 Å². The van der Waals surface area contributed by atoms with Gasteiger partial charge in [0.1, 0.15) is 0 Å². The first-order valence-electron chi connectivity index (χ1n) is 5.07. The molecule has 2 rings (SSSR count). The van der Waals surface area contributed by atoms with Crippen molar-refractivity contribution < 1.29 is 9.47 Å². The van der Waals surface area contributed by atoms with Crippen LogP contribution in [0.4, 0.5) is 5.69 Å². The molecule has 0 saturated carbocycles. The van der Waals surface area contributed by atoms with Gasteiger partial charge < -0.3 is 15.2 Å². The summed E-state index contributed by atoms with van der Waals surface area (Å²) in [6.45, 7) is 0.851. The number of nitrogen functional groups attached to an aromatic ring is 1. The molecule has 1 aromatic heterocycles. The van der Waals surface area contributed by atoms with Crippen LogP contribution in [0.2, 0.25) is 0 Å². The monoisotopic (exact) mass is 209 g/mol. The Bertz CT molecular complexity index is 337. The van der Waals surface area contributed by atoms with Gasteiger partial charge in [-0.05, 0) is 18.9 Å². The van der Waals surface area contributed by atoms with E-state index in [1.54, 1.807) is 6.07 Å². The van der Waals surface area contributed by atoms with E-state index in [9.17, 15) is 0 Å². The summed E-state index contributed by atoms with van der Waals surface area (Å²) in [5.74, 6) is 0.381. The fourth-order valence-corrected chi connectivity index (χ4v) is 1.73. The Labute approximate surface area is 88.6 Å². The second kappa shape index (κ2) is 4.44. The highest BCUT2D eigenvalue weighted by atomic mass is 16.5. The number of rotatable bonds is 3. The molecule has 0 bridgehead atoms. The number of hydrogen-bond acceptors (Lipinski definition) is 5. The standard InChI is InChI=1S/C10H15N3O2/c1-14-10-9(11)6-7(12-13-10)5-8-3-2-4-15-8/h6,8H,2-5H2,1H3,(H2,11,12). The average Bonchev–Trinajstić information content (AvgIpc) is 2.71. The first-order valence-corrected chi connectivity index (χ1v) is 5.07. The van der Waals surface area contributed by atoms with E-state index in [-0.39, 0.29) is 6.10 Å². The molecule has 0 radical (unpaired) electrons. The zero-order valence-corrected chi connectivity index (χ0v) is 8.77. The van der Waals surface area contributed by atoms with Gasteiger partial charge in [0, 0.05) is 13.0 Å². The Morgan fingerprint density at radius 2 is 2.47 bits per heavy atom. The zero-order valence-electron chi connectivity index (χ0n) is 8.77. The lowest BCUT2D eigenvalue weighted by Crippen LogP contribution is -2.11. The molecule has 1 saturated heterocycles. The van der Waals surface area contributed by atoms with Gasteiger partial charge in [-0.25, -0.2) is 0 Å². The lowest BCUT2D eigenvalue weighted by Gasteiger charge is -2.09. The molecule has 2 heterocycles. The second-order valence-corrected chi connectivity index (χ2v) is 3.64. The van der Waals surface area contributed by atoms with Crippen LogP contribution in [0.1, 0.15) is 18.5 Å². The van der Waals surface area contributed by atoms with Crippen molar-refractivity contribution in [1.29, 1.82) is 0 Å². The lowest BCUT2D eigenvalue weighted by molar-refractivity contribution is 0.110. The van der Waals surface area contributed by atoms with Crippen LogP contribution < -0.4 is 10.5 Å². The minimum absolute atomic E-state index is 0.270. The summed E-state index contributed by atoms with van der Waals surface area (Å²) < 4.78 is 10.5. The number of methoxy groups -OCH3 is 1. The van der Waals surface area contributed by atoms with E-state index >= 15 is 0 Å². The minimum atomic E-state index is 0.270. The van der Waals surface area contributed by atoms with E-state index in [2.05, 4.69) is 10.2 Å². The predicted molar refractivity (Wildman–Crippen MR) is 55.7 cm³/mol. The third-order valence-corrected chi connectivity index (χ3v) is 2.49. The Hall–Kier alpha value is -1.36. The molecule has 82 valence electrons. The fraction of sp³-hybridized carbons (Fsp3) is 0.600. The molecule has 1 aromatic rings. The first-order chi connectivity index (χ1) is 7.29. The van der Waals surface area contributed by atoms with Crippen molar-refractivity contribution in [1.82, 2.24) is 10.2 Å². The van der Waals surface area contributed by atoms with Gasteiger partial charge in [-0.15, -0.1) is 5.10 Å². The van der Waals surface area contributed by atoms with E-state index < -0.39 is 0 Å². The molecule has 0 aromatic carbocycles. The van der Waals surface area contributed by atoms with Gasteiger partial charge in [-0.2, -0.15) is 5.10 Å². The van der Waals surface area contributed by atoms with E-state index in [1.807, 2.05) is 0 Å². The zero-order chi connectivity index (χ0) is 10.7. The highest BCUT2D eigenvalue weighted by Gasteiger charge is 2.17. The van der Waals surface area contributed by atoms with Crippen molar-refractivity contribution in [3.8, 4) is 5.88 Å². The number of nitrogens with two attached hydrogens (primary N) is 1. The summed E-state index contributed by atoms with van der Waals surface area (Å²) >= 11 is 0. The first kappa shape index (κ1) is 10.2. The fourth-order valence-electron chi connectivity index (χ4n) is 1.73. The number of nitrogens with zero attached hydrogens (tertiary/aromatic N) is 2. The molecule has 1 fully saturated rings. The summed E-state index contributed by atoms with van der Waals surface area (Å²) in [5, 5.41) is 7.92. The Morgan fingerprint density at radius 3 is 3.07 bits per heavy atom. The molecule has 5 nitrogen and oxygen atoms in total. The van der Waals surface area contributed by atoms with Crippen LogP contribution in [0.3, 0.4) is 0 Å².